The minimum atomic E-state index is -0.147. The van der Waals surface area contributed by atoms with Crippen molar-refractivity contribution in [3.8, 4) is 0 Å². The first-order valence-corrected chi connectivity index (χ1v) is 10.5. The van der Waals surface area contributed by atoms with Gasteiger partial charge >= 0.3 is 0 Å². The Labute approximate surface area is 174 Å². The van der Waals surface area contributed by atoms with E-state index in [9.17, 15) is 4.79 Å². The zero-order valence-corrected chi connectivity index (χ0v) is 17.2. The average molecular weight is 404 g/mol. The molecule has 2 unspecified atom stereocenters. The van der Waals surface area contributed by atoms with Crippen LogP contribution in [0.5, 0.6) is 0 Å². The molecule has 0 saturated carbocycles. The van der Waals surface area contributed by atoms with Gasteiger partial charge in [-0.1, -0.05) is 0 Å². The molecular formula is C22H24N6O2. The molecule has 8 nitrogen and oxygen atoms in total. The lowest BCUT2D eigenvalue weighted by Gasteiger charge is -2.33. The third-order valence-electron chi connectivity index (χ3n) is 6.50. The van der Waals surface area contributed by atoms with Gasteiger partial charge in [0.15, 0.2) is 11.5 Å². The molecule has 3 aliphatic rings. The summed E-state index contributed by atoms with van der Waals surface area (Å²) in [5.41, 5.74) is 5.75. The van der Waals surface area contributed by atoms with Crippen LogP contribution in [0.25, 0.3) is 5.65 Å². The highest BCUT2D eigenvalue weighted by Crippen LogP contribution is 2.34. The highest BCUT2D eigenvalue weighted by atomic mass is 16.5. The Balaban J connectivity index is 1.34. The summed E-state index contributed by atoms with van der Waals surface area (Å²) in [6, 6.07) is 6.22. The Morgan fingerprint density at radius 2 is 2.10 bits per heavy atom. The largest absolute Gasteiger partial charge is 0.374 e. The number of hydrogen-bond donors (Lipinski definition) is 0. The molecule has 0 N–H and O–H groups in total. The first kappa shape index (κ1) is 17.8. The van der Waals surface area contributed by atoms with Crippen LogP contribution in [0.15, 0.2) is 29.2 Å². The quantitative estimate of drug-likeness (QED) is 0.643. The second-order valence-corrected chi connectivity index (χ2v) is 8.62. The van der Waals surface area contributed by atoms with Crippen molar-refractivity contribution in [1.29, 1.82) is 0 Å². The van der Waals surface area contributed by atoms with Crippen LogP contribution < -0.4 is 15.4 Å². The van der Waals surface area contributed by atoms with Crippen molar-refractivity contribution >= 4 is 17.2 Å². The van der Waals surface area contributed by atoms with Gasteiger partial charge in [0.1, 0.15) is 0 Å². The Hall–Kier alpha value is -3.00. The number of pyridine rings is 1. The van der Waals surface area contributed by atoms with Gasteiger partial charge in [-0.15, -0.1) is 5.10 Å². The van der Waals surface area contributed by atoms with Crippen molar-refractivity contribution < 1.29 is 4.74 Å². The van der Waals surface area contributed by atoms with Gasteiger partial charge in [-0.2, -0.15) is 4.52 Å². The number of nitrogens with zero attached hydrogens (tertiary/aromatic N) is 6. The summed E-state index contributed by atoms with van der Waals surface area (Å²) in [6.07, 6.45) is 4.36. The predicted molar refractivity (Wildman–Crippen MR) is 113 cm³/mol. The van der Waals surface area contributed by atoms with E-state index in [-0.39, 0.29) is 5.56 Å². The second-order valence-electron chi connectivity index (χ2n) is 8.62. The Morgan fingerprint density at radius 1 is 1.20 bits per heavy atom. The molecule has 0 amide bonds. The van der Waals surface area contributed by atoms with E-state index in [1.54, 1.807) is 0 Å². The lowest BCUT2D eigenvalue weighted by atomic mass is 10.0. The van der Waals surface area contributed by atoms with E-state index >= 15 is 0 Å². The van der Waals surface area contributed by atoms with Crippen LogP contribution in [-0.4, -0.2) is 51.4 Å². The number of fused-ring (bicyclic) bond motifs is 4. The minimum absolute atomic E-state index is 0.147. The van der Waals surface area contributed by atoms with Crippen LogP contribution in [0.4, 0.5) is 11.5 Å². The molecule has 3 aliphatic heterocycles. The molecule has 6 heterocycles. The molecular weight excluding hydrogens is 380 g/mol. The van der Waals surface area contributed by atoms with Gasteiger partial charge in [0.2, 0.25) is 0 Å². The number of anilines is 2. The summed E-state index contributed by atoms with van der Waals surface area (Å²) in [6.45, 7) is 7.19. The number of morpholine rings is 1. The summed E-state index contributed by atoms with van der Waals surface area (Å²) in [4.78, 5) is 26.3. The van der Waals surface area contributed by atoms with Gasteiger partial charge in [-0.25, -0.2) is 4.98 Å². The van der Waals surface area contributed by atoms with E-state index in [2.05, 4.69) is 25.9 Å². The normalized spacial score (nSPS) is 22.7. The summed E-state index contributed by atoms with van der Waals surface area (Å²) in [7, 11) is 0. The Bertz CT molecular complexity index is 1220. The third kappa shape index (κ3) is 2.78. The lowest BCUT2D eigenvalue weighted by molar-refractivity contribution is 0.0991. The zero-order chi connectivity index (χ0) is 20.4. The lowest BCUT2D eigenvalue weighted by Crippen LogP contribution is -2.38. The maximum Gasteiger partial charge on any atom is 0.274 e. The Kier molecular flexibility index (Phi) is 3.86. The number of ether oxygens (including phenoxy) is 1. The van der Waals surface area contributed by atoms with Gasteiger partial charge < -0.3 is 14.5 Å². The van der Waals surface area contributed by atoms with E-state index in [1.165, 1.54) is 21.8 Å². The first-order valence-electron chi connectivity index (χ1n) is 10.5. The van der Waals surface area contributed by atoms with E-state index in [1.807, 2.05) is 26.1 Å². The van der Waals surface area contributed by atoms with Crippen LogP contribution in [0.1, 0.15) is 28.9 Å². The first-order chi connectivity index (χ1) is 14.5. The number of aromatic nitrogens is 4. The Morgan fingerprint density at radius 3 is 2.90 bits per heavy atom. The molecule has 8 heteroatoms. The predicted octanol–water partition coefficient (Wildman–Crippen LogP) is 1.64. The topological polar surface area (TPSA) is 75.9 Å². The van der Waals surface area contributed by atoms with E-state index in [4.69, 9.17) is 9.72 Å². The molecule has 3 aromatic rings. The van der Waals surface area contributed by atoms with Crippen molar-refractivity contribution in [2.24, 2.45) is 0 Å². The molecule has 6 rings (SSSR count). The average Bonchev–Trinajstić information content (AvgIpc) is 3.36. The third-order valence-corrected chi connectivity index (χ3v) is 6.50. The maximum atomic E-state index is 12.4. The van der Waals surface area contributed by atoms with Gasteiger partial charge in [0.05, 0.1) is 30.6 Å². The molecule has 2 atom stereocenters. The number of aryl methyl sites for hydroxylation is 2. The van der Waals surface area contributed by atoms with Crippen molar-refractivity contribution in [1.82, 2.24) is 19.6 Å². The van der Waals surface area contributed by atoms with Crippen molar-refractivity contribution in [2.45, 2.75) is 45.4 Å². The minimum Gasteiger partial charge on any atom is -0.374 e. The molecule has 30 heavy (non-hydrogen) atoms. The highest BCUT2D eigenvalue weighted by Gasteiger charge is 2.39. The van der Waals surface area contributed by atoms with Crippen molar-refractivity contribution in [3.05, 3.63) is 57.3 Å². The van der Waals surface area contributed by atoms with Crippen LogP contribution in [-0.2, 0) is 17.7 Å². The summed E-state index contributed by atoms with van der Waals surface area (Å²) in [5, 5.41) is 4.66. The van der Waals surface area contributed by atoms with E-state index < -0.39 is 0 Å². The molecule has 2 bridgehead atoms. The van der Waals surface area contributed by atoms with Crippen molar-refractivity contribution in [2.75, 3.05) is 29.5 Å². The standard InChI is InChI=1S/C22H24N6O2/c1-13-5-20-24-14(2)6-21(29)28(20)25-22(13)26-4-3-19-15(10-26)7-16(9-23-19)27-11-18-8-17(27)12-30-18/h5-7,9,17-18H,3-4,8,10-12H2,1-2H3. The number of rotatable bonds is 2. The molecule has 0 spiro atoms. The molecule has 154 valence electrons. The van der Waals surface area contributed by atoms with Crippen molar-refractivity contribution in [3.63, 3.8) is 0 Å². The van der Waals surface area contributed by atoms with Crippen LogP contribution in [0.2, 0.25) is 0 Å². The highest BCUT2D eigenvalue weighted by molar-refractivity contribution is 5.56. The van der Waals surface area contributed by atoms with Crippen LogP contribution >= 0.6 is 0 Å². The van der Waals surface area contributed by atoms with E-state index in [0.717, 1.165) is 56.2 Å². The second kappa shape index (κ2) is 6.50. The SMILES string of the molecule is Cc1cc(=O)n2nc(N3CCc4ncc(N5CC6CC5CO6)cc4C3)c(C)cc2n1. The maximum absolute atomic E-state index is 12.4. The molecule has 2 saturated heterocycles. The van der Waals surface area contributed by atoms with Crippen LogP contribution in [0.3, 0.4) is 0 Å². The summed E-state index contributed by atoms with van der Waals surface area (Å²) < 4.78 is 7.15. The molecule has 0 radical (unpaired) electrons. The molecule has 0 aliphatic carbocycles. The summed E-state index contributed by atoms with van der Waals surface area (Å²) >= 11 is 0. The molecule has 2 fully saturated rings. The van der Waals surface area contributed by atoms with Gasteiger partial charge in [-0.3, -0.25) is 9.78 Å². The zero-order valence-electron chi connectivity index (χ0n) is 17.2. The van der Waals surface area contributed by atoms with Gasteiger partial charge in [0, 0.05) is 43.5 Å². The molecule has 3 aromatic heterocycles. The fraction of sp³-hybridized carbons (Fsp3) is 0.455. The molecule has 0 aromatic carbocycles. The van der Waals surface area contributed by atoms with E-state index in [0.29, 0.717) is 23.5 Å². The van der Waals surface area contributed by atoms with Gasteiger partial charge in [-0.05, 0) is 43.5 Å². The van der Waals surface area contributed by atoms with Gasteiger partial charge in [0.25, 0.3) is 5.56 Å². The van der Waals surface area contributed by atoms with Crippen LogP contribution in [0, 0.1) is 13.8 Å². The fourth-order valence-corrected chi connectivity index (χ4v) is 5.02. The fourth-order valence-electron chi connectivity index (χ4n) is 5.02. The summed E-state index contributed by atoms with van der Waals surface area (Å²) in [5.74, 6) is 0.833. The smallest absolute Gasteiger partial charge is 0.274 e. The monoisotopic (exact) mass is 404 g/mol. The number of hydrogen-bond acceptors (Lipinski definition) is 7.